The number of nitrogens with zero attached hydrogens (tertiary/aromatic N) is 1. The summed E-state index contributed by atoms with van der Waals surface area (Å²) in [7, 11) is 1.55. The molecule has 29 heavy (non-hydrogen) atoms. The van der Waals surface area contributed by atoms with Gasteiger partial charge in [0.1, 0.15) is 5.75 Å². The molecule has 0 radical (unpaired) electrons. The normalized spacial score (nSPS) is 16.5. The number of carbonyl (C=O) groups is 1. The molecular weight excluding hydrogens is 362 g/mol. The van der Waals surface area contributed by atoms with E-state index in [1.165, 1.54) is 0 Å². The highest BCUT2D eigenvalue weighted by Gasteiger charge is 2.32. The third-order valence-corrected chi connectivity index (χ3v) is 5.46. The Balaban J connectivity index is 2.24. The van der Waals surface area contributed by atoms with Gasteiger partial charge in [-0.1, -0.05) is 52.7 Å². The fourth-order valence-corrected chi connectivity index (χ4v) is 3.86. The first-order valence-corrected chi connectivity index (χ1v) is 10.9. The molecule has 0 saturated carbocycles. The van der Waals surface area contributed by atoms with Gasteiger partial charge < -0.3 is 14.7 Å². The molecule has 0 amide bonds. The summed E-state index contributed by atoms with van der Waals surface area (Å²) in [6.45, 7) is 10.6. The Bertz CT molecular complexity index is 753. The van der Waals surface area contributed by atoms with Crippen molar-refractivity contribution in [2.24, 2.45) is 5.41 Å². The van der Waals surface area contributed by atoms with Crippen LogP contribution in [0.5, 0.6) is 5.75 Å². The minimum Gasteiger partial charge on any atom is -0.507 e. The number of phenols is 1. The molecule has 160 valence electrons. The Kier molecular flexibility index (Phi) is 8.36. The maximum atomic E-state index is 12.4. The fourth-order valence-electron chi connectivity index (χ4n) is 3.86. The van der Waals surface area contributed by atoms with Gasteiger partial charge in [0.05, 0.1) is 7.11 Å². The number of allylic oxidation sites excluding steroid dienone is 3. The average Bonchev–Trinajstić information content (AvgIpc) is 2.66. The summed E-state index contributed by atoms with van der Waals surface area (Å²) in [6.07, 6.45) is 9.66. The van der Waals surface area contributed by atoms with Crippen LogP contribution in [-0.4, -0.2) is 31.1 Å². The van der Waals surface area contributed by atoms with Crippen LogP contribution < -0.4 is 4.90 Å². The van der Waals surface area contributed by atoms with E-state index < -0.39 is 0 Å². The first-order valence-electron chi connectivity index (χ1n) is 10.9. The third kappa shape index (κ3) is 6.38. The van der Waals surface area contributed by atoms with Crippen LogP contribution in [-0.2, 0) is 9.53 Å². The van der Waals surface area contributed by atoms with Gasteiger partial charge in [-0.05, 0) is 42.4 Å². The van der Waals surface area contributed by atoms with Crippen molar-refractivity contribution in [2.75, 3.05) is 25.1 Å². The van der Waals surface area contributed by atoms with E-state index in [2.05, 4.69) is 38.7 Å². The molecule has 1 aromatic carbocycles. The zero-order chi connectivity index (χ0) is 21.4. The summed E-state index contributed by atoms with van der Waals surface area (Å²) in [5.41, 5.74) is 2.62. The molecular formula is C25H37NO3. The van der Waals surface area contributed by atoms with Crippen LogP contribution in [0.25, 0.3) is 6.08 Å². The zero-order valence-corrected chi connectivity index (χ0v) is 18.8. The second-order valence-corrected chi connectivity index (χ2v) is 8.77. The topological polar surface area (TPSA) is 49.8 Å². The molecule has 4 heteroatoms. The number of hydrogen-bond acceptors (Lipinski definition) is 4. The number of ether oxygens (including phenoxy) is 1. The van der Waals surface area contributed by atoms with E-state index in [1.807, 2.05) is 24.3 Å². The highest BCUT2D eigenvalue weighted by molar-refractivity contribution is 5.96. The number of hydrogen-bond donors (Lipinski definition) is 1. The van der Waals surface area contributed by atoms with Crippen LogP contribution in [0.1, 0.15) is 71.8 Å². The number of rotatable bonds is 10. The van der Waals surface area contributed by atoms with Crippen LogP contribution in [0.4, 0.5) is 5.69 Å². The maximum Gasteiger partial charge on any atom is 0.198 e. The second-order valence-electron chi connectivity index (χ2n) is 8.77. The van der Waals surface area contributed by atoms with Crippen LogP contribution in [0.3, 0.4) is 0 Å². The molecule has 0 aromatic heterocycles. The van der Waals surface area contributed by atoms with Gasteiger partial charge in [-0.15, -0.1) is 0 Å². The van der Waals surface area contributed by atoms with Crippen LogP contribution >= 0.6 is 0 Å². The quantitative estimate of drug-likeness (QED) is 0.516. The van der Waals surface area contributed by atoms with Crippen molar-refractivity contribution in [3.63, 3.8) is 0 Å². The predicted octanol–water partition coefficient (Wildman–Crippen LogP) is 6.10. The molecule has 0 aliphatic heterocycles. The zero-order valence-electron chi connectivity index (χ0n) is 18.8. The largest absolute Gasteiger partial charge is 0.507 e. The van der Waals surface area contributed by atoms with E-state index in [0.29, 0.717) is 12.2 Å². The molecule has 1 N–H and O–H groups in total. The number of ketones is 1. The molecule has 4 nitrogen and oxygen atoms in total. The molecule has 1 aromatic rings. The van der Waals surface area contributed by atoms with E-state index in [4.69, 9.17) is 4.74 Å². The maximum absolute atomic E-state index is 12.4. The van der Waals surface area contributed by atoms with Crippen molar-refractivity contribution in [3.05, 3.63) is 41.2 Å². The second kappa shape index (κ2) is 10.5. The minimum atomic E-state index is -0.0796. The highest BCUT2D eigenvalue weighted by Crippen LogP contribution is 2.38. The lowest BCUT2D eigenvalue weighted by Gasteiger charge is -2.30. The molecule has 1 aliphatic rings. The van der Waals surface area contributed by atoms with Crippen LogP contribution in [0.2, 0.25) is 0 Å². The average molecular weight is 400 g/mol. The smallest absolute Gasteiger partial charge is 0.198 e. The van der Waals surface area contributed by atoms with Gasteiger partial charge in [-0.3, -0.25) is 4.79 Å². The minimum absolute atomic E-state index is 0.0467. The van der Waals surface area contributed by atoms with E-state index in [9.17, 15) is 9.90 Å². The SMILES string of the molecule is CCCCN(CCCC)c1ccc(/C=C/C2=C(OC)C(=O)CC(C)(C)C2)c(O)c1. The summed E-state index contributed by atoms with van der Waals surface area (Å²) < 4.78 is 5.36. The summed E-state index contributed by atoms with van der Waals surface area (Å²) >= 11 is 0. The standard InChI is InChI=1S/C25H37NO3/c1-6-8-14-26(15-9-7-2)21-13-12-19(22(27)16-21)10-11-20-17-25(3,4)18-23(28)24(20)29-5/h10-13,16,27H,6-9,14-15,17-18H2,1-5H3/b11-10+. The molecule has 0 unspecified atom stereocenters. The molecule has 0 saturated heterocycles. The predicted molar refractivity (Wildman–Crippen MR) is 121 cm³/mol. The Morgan fingerprint density at radius 2 is 1.76 bits per heavy atom. The summed E-state index contributed by atoms with van der Waals surface area (Å²) in [5, 5.41) is 10.6. The molecule has 0 spiro atoms. The number of methoxy groups -OCH3 is 1. The number of phenolic OH excluding ortho intramolecular Hbond substituents is 1. The fraction of sp³-hybridized carbons (Fsp3) is 0.560. The number of carbonyl (C=O) groups excluding carboxylic acids is 1. The first kappa shape index (κ1) is 23.1. The van der Waals surface area contributed by atoms with Gasteiger partial charge in [-0.25, -0.2) is 0 Å². The highest BCUT2D eigenvalue weighted by atomic mass is 16.5. The van der Waals surface area contributed by atoms with Crippen molar-refractivity contribution < 1.29 is 14.6 Å². The molecule has 0 heterocycles. The molecule has 0 bridgehead atoms. The lowest BCUT2D eigenvalue weighted by atomic mass is 9.76. The van der Waals surface area contributed by atoms with Gasteiger partial charge in [-0.2, -0.15) is 0 Å². The number of Topliss-reactive ketones (excluding diaryl/α,β-unsaturated/α-hetero) is 1. The third-order valence-electron chi connectivity index (χ3n) is 5.46. The number of aromatic hydroxyl groups is 1. The summed E-state index contributed by atoms with van der Waals surface area (Å²) in [6, 6.07) is 5.88. The van der Waals surface area contributed by atoms with Gasteiger partial charge >= 0.3 is 0 Å². The van der Waals surface area contributed by atoms with Crippen molar-refractivity contribution in [3.8, 4) is 5.75 Å². The van der Waals surface area contributed by atoms with Crippen molar-refractivity contribution >= 4 is 17.5 Å². The molecule has 1 aliphatic carbocycles. The Labute approximate surface area is 176 Å². The number of unbranched alkanes of at least 4 members (excludes halogenated alkanes) is 2. The lowest BCUT2D eigenvalue weighted by molar-refractivity contribution is -0.121. The molecule has 0 atom stereocenters. The van der Waals surface area contributed by atoms with Crippen LogP contribution in [0.15, 0.2) is 35.6 Å². The van der Waals surface area contributed by atoms with Gasteiger partial charge in [0.25, 0.3) is 0 Å². The van der Waals surface area contributed by atoms with E-state index in [-0.39, 0.29) is 16.9 Å². The van der Waals surface area contributed by atoms with E-state index in [0.717, 1.165) is 62.0 Å². The Morgan fingerprint density at radius 1 is 1.10 bits per heavy atom. The molecule has 0 fully saturated rings. The number of anilines is 1. The molecule has 2 rings (SSSR count). The Morgan fingerprint density at radius 3 is 2.31 bits per heavy atom. The Hall–Kier alpha value is -2.23. The monoisotopic (exact) mass is 399 g/mol. The van der Waals surface area contributed by atoms with Gasteiger partial charge in [0.15, 0.2) is 11.5 Å². The summed E-state index contributed by atoms with van der Waals surface area (Å²) in [5.74, 6) is 0.755. The summed E-state index contributed by atoms with van der Waals surface area (Å²) in [4.78, 5) is 14.7. The van der Waals surface area contributed by atoms with Crippen molar-refractivity contribution in [1.82, 2.24) is 0 Å². The van der Waals surface area contributed by atoms with Crippen molar-refractivity contribution in [2.45, 2.75) is 66.2 Å². The van der Waals surface area contributed by atoms with Crippen LogP contribution in [0, 0.1) is 5.41 Å². The van der Waals surface area contributed by atoms with Gasteiger partial charge in [0, 0.05) is 36.8 Å². The number of benzene rings is 1. The van der Waals surface area contributed by atoms with Crippen molar-refractivity contribution in [1.29, 1.82) is 0 Å². The van der Waals surface area contributed by atoms with Gasteiger partial charge in [0.2, 0.25) is 0 Å². The van der Waals surface area contributed by atoms with E-state index >= 15 is 0 Å². The lowest BCUT2D eigenvalue weighted by Crippen LogP contribution is -2.26. The first-order chi connectivity index (χ1) is 13.8. The van der Waals surface area contributed by atoms with E-state index in [1.54, 1.807) is 7.11 Å².